The van der Waals surface area contributed by atoms with Crippen LogP contribution in [-0.4, -0.2) is 47.6 Å². The van der Waals surface area contributed by atoms with Gasteiger partial charge in [-0.2, -0.15) is 0 Å². The molecule has 0 aliphatic rings. The van der Waals surface area contributed by atoms with Gasteiger partial charge < -0.3 is 19.7 Å². The third-order valence-electron chi connectivity index (χ3n) is 7.38. The van der Waals surface area contributed by atoms with Gasteiger partial charge in [0, 0.05) is 5.56 Å². The Morgan fingerprint density at radius 3 is 1.77 bits per heavy atom. The van der Waals surface area contributed by atoms with Crippen molar-refractivity contribution in [2.45, 2.75) is 64.6 Å². The summed E-state index contributed by atoms with van der Waals surface area (Å²) in [5.74, 6) is -2.48. The molecular formula is C36H41FO6. The predicted molar refractivity (Wildman–Crippen MR) is 167 cm³/mol. The lowest BCUT2D eigenvalue weighted by atomic mass is 9.95. The summed E-state index contributed by atoms with van der Waals surface area (Å²) in [6, 6.07) is 20.4. The number of benzene rings is 3. The highest BCUT2D eigenvalue weighted by Gasteiger charge is 2.22. The average molecular weight is 589 g/mol. The summed E-state index contributed by atoms with van der Waals surface area (Å²) in [4.78, 5) is 24.5. The number of carbonyl (C=O) groups excluding carboxylic acids is 2. The summed E-state index contributed by atoms with van der Waals surface area (Å²) in [6.07, 6.45) is 2.43. The van der Waals surface area contributed by atoms with Crippen LogP contribution in [0.4, 0.5) is 4.39 Å². The van der Waals surface area contributed by atoms with E-state index in [2.05, 4.69) is 32.2 Å². The van der Waals surface area contributed by atoms with E-state index >= 15 is 4.39 Å². The van der Waals surface area contributed by atoms with Crippen LogP contribution in [0.15, 0.2) is 91.0 Å². The van der Waals surface area contributed by atoms with Gasteiger partial charge in [-0.25, -0.2) is 14.0 Å². The molecule has 0 amide bonds. The van der Waals surface area contributed by atoms with Crippen molar-refractivity contribution in [1.82, 2.24) is 0 Å². The Kier molecular flexibility index (Phi) is 12.4. The predicted octanol–water partition coefficient (Wildman–Crippen LogP) is 6.94. The maximum absolute atomic E-state index is 15.3. The first-order valence-electron chi connectivity index (χ1n) is 14.6. The standard InChI is InChI=1S/C36H41FO6/c1-6-7-8-9-27-10-12-28(13-11-27)31-18-19-33(34(37)20-31)30-16-14-29(15-17-30)32(21-42-35(40)23(2)25(4)38)22-43-36(41)24(3)26(5)39/h10-20,25-26,32,38-39H,2-3,6-9,21-22H2,1,4-5H3. The average Bonchev–Trinajstić information content (AvgIpc) is 3.00. The molecule has 7 heteroatoms. The number of ether oxygens (including phenoxy) is 2. The Balaban J connectivity index is 1.76. The van der Waals surface area contributed by atoms with Crippen LogP contribution in [0.2, 0.25) is 0 Å². The highest BCUT2D eigenvalue weighted by molar-refractivity contribution is 5.89. The van der Waals surface area contributed by atoms with Crippen molar-refractivity contribution >= 4 is 11.9 Å². The van der Waals surface area contributed by atoms with Gasteiger partial charge in [0.15, 0.2) is 0 Å². The van der Waals surface area contributed by atoms with Crippen LogP contribution in [0.1, 0.15) is 57.1 Å². The van der Waals surface area contributed by atoms with Gasteiger partial charge in [-0.05, 0) is 60.6 Å². The SMILES string of the molecule is C=C(C(=O)OCC(COC(=O)C(=C)C(C)O)c1ccc(-c2ccc(-c3ccc(CCCCC)cc3)cc2F)cc1)C(C)O. The van der Waals surface area contributed by atoms with Crippen molar-refractivity contribution in [3.8, 4) is 22.3 Å². The van der Waals surface area contributed by atoms with Crippen molar-refractivity contribution in [3.63, 3.8) is 0 Å². The zero-order chi connectivity index (χ0) is 31.5. The van der Waals surface area contributed by atoms with Gasteiger partial charge in [-0.3, -0.25) is 0 Å². The number of unbranched alkanes of at least 4 members (excludes halogenated alkanes) is 2. The fourth-order valence-electron chi connectivity index (χ4n) is 4.43. The lowest BCUT2D eigenvalue weighted by molar-refractivity contribution is -0.143. The molecule has 0 spiro atoms. The molecule has 0 saturated heterocycles. The van der Waals surface area contributed by atoms with E-state index in [1.54, 1.807) is 30.3 Å². The molecule has 0 heterocycles. The van der Waals surface area contributed by atoms with Gasteiger partial charge in [-0.15, -0.1) is 0 Å². The summed E-state index contributed by atoms with van der Waals surface area (Å²) in [5.41, 5.74) is 4.57. The van der Waals surface area contributed by atoms with E-state index in [-0.39, 0.29) is 30.2 Å². The number of aryl methyl sites for hydroxylation is 1. The van der Waals surface area contributed by atoms with Crippen LogP contribution in [-0.2, 0) is 25.5 Å². The molecule has 6 nitrogen and oxygen atoms in total. The molecule has 3 aromatic carbocycles. The Morgan fingerprint density at radius 2 is 1.28 bits per heavy atom. The van der Waals surface area contributed by atoms with Gasteiger partial charge in [-0.1, -0.05) is 93.6 Å². The second kappa shape index (κ2) is 16.0. The van der Waals surface area contributed by atoms with E-state index in [1.165, 1.54) is 38.3 Å². The molecule has 43 heavy (non-hydrogen) atoms. The molecular weight excluding hydrogens is 547 g/mol. The molecule has 0 saturated carbocycles. The van der Waals surface area contributed by atoms with E-state index in [1.807, 2.05) is 18.2 Å². The molecule has 0 aliphatic heterocycles. The molecule has 0 fully saturated rings. The van der Waals surface area contributed by atoms with Crippen molar-refractivity contribution < 1.29 is 33.7 Å². The fraction of sp³-hybridized carbons (Fsp3) is 0.333. The number of esters is 2. The molecule has 3 rings (SSSR count). The normalized spacial score (nSPS) is 13.1. The van der Waals surface area contributed by atoms with E-state index < -0.39 is 30.1 Å². The largest absolute Gasteiger partial charge is 0.461 e. The maximum Gasteiger partial charge on any atom is 0.336 e. The summed E-state index contributed by atoms with van der Waals surface area (Å²) >= 11 is 0. The van der Waals surface area contributed by atoms with E-state index in [9.17, 15) is 19.8 Å². The Bertz CT molecular complexity index is 1370. The van der Waals surface area contributed by atoms with Crippen LogP contribution < -0.4 is 0 Å². The number of aliphatic hydroxyl groups is 2. The molecule has 0 aromatic heterocycles. The molecule has 0 radical (unpaired) electrons. The van der Waals surface area contributed by atoms with Gasteiger partial charge in [0.05, 0.1) is 29.3 Å². The molecule has 0 aliphatic carbocycles. The summed E-state index contributed by atoms with van der Waals surface area (Å²) < 4.78 is 25.9. The van der Waals surface area contributed by atoms with Gasteiger partial charge in [0.1, 0.15) is 19.0 Å². The number of hydrogen-bond acceptors (Lipinski definition) is 6. The monoisotopic (exact) mass is 588 g/mol. The van der Waals surface area contributed by atoms with Crippen LogP contribution in [0, 0.1) is 5.82 Å². The minimum Gasteiger partial charge on any atom is -0.461 e. The van der Waals surface area contributed by atoms with Crippen molar-refractivity contribution in [1.29, 1.82) is 0 Å². The first kappa shape index (κ1) is 33.4. The fourth-order valence-corrected chi connectivity index (χ4v) is 4.43. The van der Waals surface area contributed by atoms with Crippen LogP contribution in [0.3, 0.4) is 0 Å². The van der Waals surface area contributed by atoms with E-state index in [0.717, 1.165) is 24.0 Å². The van der Waals surface area contributed by atoms with Crippen LogP contribution in [0.5, 0.6) is 0 Å². The van der Waals surface area contributed by atoms with Gasteiger partial charge in [0.25, 0.3) is 0 Å². The van der Waals surface area contributed by atoms with Gasteiger partial charge in [0.2, 0.25) is 0 Å². The Morgan fingerprint density at radius 1 is 0.767 bits per heavy atom. The second-order valence-electron chi connectivity index (χ2n) is 10.8. The summed E-state index contributed by atoms with van der Waals surface area (Å²) in [5, 5.41) is 19.2. The Labute approximate surface area is 253 Å². The lowest BCUT2D eigenvalue weighted by Crippen LogP contribution is -2.24. The minimum atomic E-state index is -1.08. The first-order chi connectivity index (χ1) is 20.5. The molecule has 2 N–H and O–H groups in total. The first-order valence-corrected chi connectivity index (χ1v) is 14.6. The number of aliphatic hydroxyl groups excluding tert-OH is 2. The zero-order valence-corrected chi connectivity index (χ0v) is 25.1. The molecule has 228 valence electrons. The summed E-state index contributed by atoms with van der Waals surface area (Å²) in [7, 11) is 0. The van der Waals surface area contributed by atoms with Crippen molar-refractivity contribution in [3.05, 3.63) is 108 Å². The van der Waals surface area contributed by atoms with E-state index in [4.69, 9.17) is 9.47 Å². The van der Waals surface area contributed by atoms with Gasteiger partial charge >= 0.3 is 11.9 Å². The van der Waals surface area contributed by atoms with Crippen molar-refractivity contribution in [2.24, 2.45) is 0 Å². The number of hydrogen-bond donors (Lipinski definition) is 2. The maximum atomic E-state index is 15.3. The van der Waals surface area contributed by atoms with Crippen LogP contribution >= 0.6 is 0 Å². The smallest absolute Gasteiger partial charge is 0.336 e. The second-order valence-corrected chi connectivity index (χ2v) is 10.8. The summed E-state index contributed by atoms with van der Waals surface area (Å²) in [6.45, 7) is 11.7. The molecule has 2 atom stereocenters. The number of rotatable bonds is 15. The van der Waals surface area contributed by atoms with Crippen molar-refractivity contribution in [2.75, 3.05) is 13.2 Å². The van der Waals surface area contributed by atoms with E-state index in [0.29, 0.717) is 16.7 Å². The molecule has 0 bridgehead atoms. The van der Waals surface area contributed by atoms with Crippen LogP contribution in [0.25, 0.3) is 22.3 Å². The minimum absolute atomic E-state index is 0.101. The topological polar surface area (TPSA) is 93.1 Å². The Hall–Kier alpha value is -4.07. The third-order valence-corrected chi connectivity index (χ3v) is 7.38. The highest BCUT2D eigenvalue weighted by Crippen LogP contribution is 2.30. The quantitative estimate of drug-likeness (QED) is 0.114. The molecule has 2 unspecified atom stereocenters. The lowest BCUT2D eigenvalue weighted by Gasteiger charge is -2.19. The number of halogens is 1. The zero-order valence-electron chi connectivity index (χ0n) is 25.1. The third kappa shape index (κ3) is 9.46. The highest BCUT2D eigenvalue weighted by atomic mass is 19.1. The number of carbonyl (C=O) groups is 2. The molecule has 3 aromatic rings.